The van der Waals surface area contributed by atoms with E-state index in [0.717, 1.165) is 12.0 Å². The molecule has 0 fully saturated rings. The molecule has 0 aliphatic rings. The molecule has 0 heterocycles. The molecule has 0 bridgehead atoms. The highest BCUT2D eigenvalue weighted by molar-refractivity contribution is 5.91. The molecule has 0 radical (unpaired) electrons. The maximum atomic E-state index is 11.3. The number of hydrogen-bond acceptors (Lipinski definition) is 3. The molecule has 5 nitrogen and oxygen atoms in total. The van der Waals surface area contributed by atoms with E-state index in [4.69, 9.17) is 10.5 Å². The third-order valence-electron chi connectivity index (χ3n) is 2.24. The summed E-state index contributed by atoms with van der Waals surface area (Å²) in [4.78, 5) is 21.9. The Labute approximate surface area is 112 Å². The molecular formula is C14H18N2O3. The van der Waals surface area contributed by atoms with E-state index in [0.29, 0.717) is 12.3 Å². The molecule has 0 spiro atoms. The molecule has 0 unspecified atom stereocenters. The maximum absolute atomic E-state index is 11.3. The molecule has 1 aromatic carbocycles. The van der Waals surface area contributed by atoms with Crippen molar-refractivity contribution in [2.24, 2.45) is 5.73 Å². The van der Waals surface area contributed by atoms with Gasteiger partial charge in [0, 0.05) is 12.6 Å². The summed E-state index contributed by atoms with van der Waals surface area (Å²) in [5, 5.41) is 2.74. The Morgan fingerprint density at radius 3 is 2.58 bits per heavy atom. The molecule has 19 heavy (non-hydrogen) atoms. The van der Waals surface area contributed by atoms with E-state index < -0.39 is 5.91 Å². The lowest BCUT2D eigenvalue weighted by Gasteiger charge is -2.03. The van der Waals surface area contributed by atoms with Gasteiger partial charge in [-0.25, -0.2) is 0 Å². The Morgan fingerprint density at radius 1 is 1.32 bits per heavy atom. The standard InChI is InChI=1S/C14H18N2O3/c1-2-9-16-14(18)8-5-11-3-6-12(7-4-11)19-10-13(15)17/h3-8H,2,9-10H2,1H3,(H2,15,17)(H,16,18)/b8-5+. The summed E-state index contributed by atoms with van der Waals surface area (Å²) < 4.78 is 5.12. The minimum absolute atomic E-state index is 0.115. The summed E-state index contributed by atoms with van der Waals surface area (Å²) in [7, 11) is 0. The third-order valence-corrected chi connectivity index (χ3v) is 2.24. The molecular weight excluding hydrogens is 244 g/mol. The average Bonchev–Trinajstić information content (AvgIpc) is 2.41. The lowest BCUT2D eigenvalue weighted by molar-refractivity contribution is -0.120. The van der Waals surface area contributed by atoms with Gasteiger partial charge in [-0.15, -0.1) is 0 Å². The third kappa shape index (κ3) is 6.26. The van der Waals surface area contributed by atoms with Crippen molar-refractivity contribution in [3.8, 4) is 5.75 Å². The monoisotopic (exact) mass is 262 g/mol. The second kappa shape index (κ2) is 7.92. The van der Waals surface area contributed by atoms with Gasteiger partial charge in [-0.05, 0) is 30.2 Å². The summed E-state index contributed by atoms with van der Waals surface area (Å²) in [6, 6.07) is 7.01. The zero-order valence-electron chi connectivity index (χ0n) is 10.9. The highest BCUT2D eigenvalue weighted by Crippen LogP contribution is 2.12. The Bertz CT molecular complexity index is 452. The normalized spacial score (nSPS) is 10.4. The van der Waals surface area contributed by atoms with Crippen LogP contribution in [0.1, 0.15) is 18.9 Å². The van der Waals surface area contributed by atoms with Gasteiger partial charge < -0.3 is 15.8 Å². The average molecular weight is 262 g/mol. The van der Waals surface area contributed by atoms with E-state index in [-0.39, 0.29) is 12.5 Å². The number of rotatable bonds is 7. The van der Waals surface area contributed by atoms with Gasteiger partial charge >= 0.3 is 0 Å². The summed E-state index contributed by atoms with van der Waals surface area (Å²) >= 11 is 0. The van der Waals surface area contributed by atoms with Gasteiger partial charge in [-0.1, -0.05) is 19.1 Å². The fraction of sp³-hybridized carbons (Fsp3) is 0.286. The van der Waals surface area contributed by atoms with Crippen LogP contribution in [0.2, 0.25) is 0 Å². The number of benzene rings is 1. The fourth-order valence-electron chi connectivity index (χ4n) is 1.31. The lowest BCUT2D eigenvalue weighted by atomic mass is 10.2. The first-order valence-corrected chi connectivity index (χ1v) is 6.09. The van der Waals surface area contributed by atoms with Crippen LogP contribution in [0.15, 0.2) is 30.3 Å². The second-order valence-electron chi connectivity index (χ2n) is 3.95. The molecule has 0 aromatic heterocycles. The van der Waals surface area contributed by atoms with Crippen LogP contribution in [0.25, 0.3) is 6.08 Å². The van der Waals surface area contributed by atoms with Gasteiger partial charge in [-0.2, -0.15) is 0 Å². The minimum Gasteiger partial charge on any atom is -0.484 e. The first-order valence-electron chi connectivity index (χ1n) is 6.09. The van der Waals surface area contributed by atoms with E-state index in [1.54, 1.807) is 30.3 Å². The van der Waals surface area contributed by atoms with Crippen molar-refractivity contribution in [3.05, 3.63) is 35.9 Å². The highest BCUT2D eigenvalue weighted by atomic mass is 16.5. The number of nitrogens with two attached hydrogens (primary N) is 1. The van der Waals surface area contributed by atoms with Crippen LogP contribution in [-0.4, -0.2) is 25.0 Å². The Hall–Kier alpha value is -2.30. The van der Waals surface area contributed by atoms with E-state index in [1.807, 2.05) is 6.92 Å². The van der Waals surface area contributed by atoms with Crippen molar-refractivity contribution in [2.75, 3.05) is 13.2 Å². The van der Waals surface area contributed by atoms with Crippen molar-refractivity contribution in [1.29, 1.82) is 0 Å². The summed E-state index contributed by atoms with van der Waals surface area (Å²) in [5.41, 5.74) is 5.84. The second-order valence-corrected chi connectivity index (χ2v) is 3.95. The Morgan fingerprint density at radius 2 is 2.00 bits per heavy atom. The number of nitrogens with one attached hydrogen (secondary N) is 1. The Kier molecular flexibility index (Phi) is 6.15. The van der Waals surface area contributed by atoms with Crippen molar-refractivity contribution >= 4 is 17.9 Å². The van der Waals surface area contributed by atoms with Crippen LogP contribution in [0.3, 0.4) is 0 Å². The number of carbonyl (C=O) groups excluding carboxylic acids is 2. The van der Waals surface area contributed by atoms with Crippen LogP contribution in [0.5, 0.6) is 5.75 Å². The van der Waals surface area contributed by atoms with Crippen molar-refractivity contribution < 1.29 is 14.3 Å². The van der Waals surface area contributed by atoms with Gasteiger partial charge in [0.2, 0.25) is 5.91 Å². The molecule has 3 N–H and O–H groups in total. The summed E-state index contributed by atoms with van der Waals surface area (Å²) in [6.07, 6.45) is 4.10. The van der Waals surface area contributed by atoms with Crippen LogP contribution in [-0.2, 0) is 9.59 Å². The number of primary amides is 1. The summed E-state index contributed by atoms with van der Waals surface area (Å²) in [5.74, 6) is -0.0705. The van der Waals surface area contributed by atoms with Crippen molar-refractivity contribution in [1.82, 2.24) is 5.32 Å². The van der Waals surface area contributed by atoms with Gasteiger partial charge in [0.1, 0.15) is 5.75 Å². The van der Waals surface area contributed by atoms with Crippen LogP contribution in [0.4, 0.5) is 0 Å². The predicted octanol–water partition coefficient (Wildman–Crippen LogP) is 1.09. The minimum atomic E-state index is -0.517. The zero-order chi connectivity index (χ0) is 14.1. The molecule has 5 heteroatoms. The number of amides is 2. The SMILES string of the molecule is CCCNC(=O)/C=C/c1ccc(OCC(N)=O)cc1. The maximum Gasteiger partial charge on any atom is 0.255 e. The van der Waals surface area contributed by atoms with E-state index >= 15 is 0 Å². The highest BCUT2D eigenvalue weighted by Gasteiger charge is 1.97. The van der Waals surface area contributed by atoms with Gasteiger partial charge in [0.05, 0.1) is 0 Å². The molecule has 102 valence electrons. The number of carbonyl (C=O) groups is 2. The number of ether oxygens (including phenoxy) is 1. The van der Waals surface area contributed by atoms with Crippen molar-refractivity contribution in [2.45, 2.75) is 13.3 Å². The zero-order valence-corrected chi connectivity index (χ0v) is 10.9. The van der Waals surface area contributed by atoms with E-state index in [9.17, 15) is 9.59 Å². The van der Waals surface area contributed by atoms with E-state index in [1.165, 1.54) is 6.08 Å². The topological polar surface area (TPSA) is 81.4 Å². The molecule has 1 aromatic rings. The predicted molar refractivity (Wildman–Crippen MR) is 73.5 cm³/mol. The van der Waals surface area contributed by atoms with Crippen LogP contribution < -0.4 is 15.8 Å². The molecule has 1 rings (SSSR count). The molecule has 0 atom stereocenters. The van der Waals surface area contributed by atoms with E-state index in [2.05, 4.69) is 5.32 Å². The first-order chi connectivity index (χ1) is 9.11. The molecule has 0 saturated heterocycles. The van der Waals surface area contributed by atoms with Gasteiger partial charge in [0.15, 0.2) is 6.61 Å². The largest absolute Gasteiger partial charge is 0.484 e. The number of hydrogen-bond donors (Lipinski definition) is 2. The molecule has 0 saturated carbocycles. The van der Waals surface area contributed by atoms with Crippen molar-refractivity contribution in [3.63, 3.8) is 0 Å². The van der Waals surface area contributed by atoms with Gasteiger partial charge in [-0.3, -0.25) is 9.59 Å². The van der Waals surface area contributed by atoms with Gasteiger partial charge in [0.25, 0.3) is 5.91 Å². The molecule has 0 aliphatic heterocycles. The van der Waals surface area contributed by atoms with Crippen LogP contribution in [0, 0.1) is 0 Å². The van der Waals surface area contributed by atoms with Crippen LogP contribution >= 0.6 is 0 Å². The Balaban J connectivity index is 2.49. The summed E-state index contributed by atoms with van der Waals surface area (Å²) in [6.45, 7) is 2.52. The molecule has 0 aliphatic carbocycles. The lowest BCUT2D eigenvalue weighted by Crippen LogP contribution is -2.21. The first kappa shape index (κ1) is 14.8. The molecule has 2 amide bonds. The quantitative estimate of drug-likeness (QED) is 0.722. The fourth-order valence-corrected chi connectivity index (χ4v) is 1.31. The smallest absolute Gasteiger partial charge is 0.255 e.